The summed E-state index contributed by atoms with van der Waals surface area (Å²) in [6, 6.07) is 9.33. The van der Waals surface area contributed by atoms with Crippen molar-refractivity contribution < 1.29 is 13.5 Å². The van der Waals surface area contributed by atoms with Gasteiger partial charge in [0.05, 0.1) is 5.52 Å². The van der Waals surface area contributed by atoms with Gasteiger partial charge in [0.2, 0.25) is 0 Å². The number of imidazole rings is 1. The van der Waals surface area contributed by atoms with Gasteiger partial charge in [-0.25, -0.2) is 4.98 Å². The highest BCUT2D eigenvalue weighted by Gasteiger charge is 2.12. The van der Waals surface area contributed by atoms with Gasteiger partial charge >= 0.3 is 6.55 Å². The molecular formula is C15H13F2N3O. The van der Waals surface area contributed by atoms with Crippen LogP contribution in [0.5, 0.6) is 5.75 Å². The van der Waals surface area contributed by atoms with Crippen LogP contribution in [0.3, 0.4) is 0 Å². The van der Waals surface area contributed by atoms with Crippen molar-refractivity contribution in [2.24, 2.45) is 0 Å². The summed E-state index contributed by atoms with van der Waals surface area (Å²) in [5.41, 5.74) is 1.62. The number of rotatable bonds is 4. The molecule has 2 heterocycles. The van der Waals surface area contributed by atoms with E-state index < -0.39 is 6.55 Å². The Morgan fingerprint density at radius 1 is 1.29 bits per heavy atom. The van der Waals surface area contributed by atoms with E-state index in [1.54, 1.807) is 6.07 Å². The number of alkyl halides is 2. The normalized spacial score (nSPS) is 11.2. The van der Waals surface area contributed by atoms with E-state index in [4.69, 9.17) is 4.74 Å². The first-order chi connectivity index (χ1) is 10.1. The molecule has 3 aromatic rings. The molecule has 0 aliphatic carbocycles. The lowest BCUT2D eigenvalue weighted by Crippen LogP contribution is -2.07. The lowest BCUT2D eigenvalue weighted by molar-refractivity contribution is 0.0633. The minimum Gasteiger partial charge on any atom is -0.485 e. The fourth-order valence-electron chi connectivity index (χ4n) is 2.16. The van der Waals surface area contributed by atoms with Gasteiger partial charge in [0.15, 0.2) is 5.82 Å². The Hall–Kier alpha value is -2.50. The maximum Gasteiger partial charge on any atom is 0.320 e. The number of nitrogens with zero attached hydrogens (tertiary/aromatic N) is 3. The molecule has 0 saturated heterocycles. The Bertz CT molecular complexity index is 770. The minimum absolute atomic E-state index is 0.0230. The lowest BCUT2D eigenvalue weighted by Gasteiger charge is -2.11. The molecule has 6 heteroatoms. The third-order valence-electron chi connectivity index (χ3n) is 3.12. The van der Waals surface area contributed by atoms with E-state index in [1.807, 2.05) is 31.2 Å². The summed E-state index contributed by atoms with van der Waals surface area (Å²) >= 11 is 0. The smallest absolute Gasteiger partial charge is 0.320 e. The highest BCUT2D eigenvalue weighted by atomic mass is 19.3. The van der Waals surface area contributed by atoms with E-state index in [0.717, 1.165) is 21.2 Å². The quantitative estimate of drug-likeness (QED) is 0.735. The minimum atomic E-state index is -2.62. The topological polar surface area (TPSA) is 39.9 Å². The average molecular weight is 289 g/mol. The summed E-state index contributed by atoms with van der Waals surface area (Å²) in [4.78, 5) is 8.30. The molecule has 108 valence electrons. The number of ether oxygens (including phenoxy) is 1. The monoisotopic (exact) mass is 289 g/mol. The number of pyridine rings is 1. The predicted octanol–water partition coefficient (Wildman–Crippen LogP) is 3.71. The third kappa shape index (κ3) is 2.69. The van der Waals surface area contributed by atoms with Crippen molar-refractivity contribution >= 4 is 10.9 Å². The summed E-state index contributed by atoms with van der Waals surface area (Å²) in [5.74, 6) is 0.797. The zero-order chi connectivity index (χ0) is 14.8. The molecule has 0 atom stereocenters. The molecule has 0 saturated carbocycles. The third-order valence-corrected chi connectivity index (χ3v) is 3.12. The Kier molecular flexibility index (Phi) is 3.51. The van der Waals surface area contributed by atoms with Gasteiger partial charge in [-0.3, -0.25) is 9.55 Å². The molecule has 2 aromatic heterocycles. The summed E-state index contributed by atoms with van der Waals surface area (Å²) in [7, 11) is 0. The molecule has 0 radical (unpaired) electrons. The molecule has 0 N–H and O–H groups in total. The fourth-order valence-corrected chi connectivity index (χ4v) is 2.16. The van der Waals surface area contributed by atoms with Crippen LogP contribution in [0.25, 0.3) is 10.9 Å². The van der Waals surface area contributed by atoms with Crippen LogP contribution in [-0.2, 0) is 6.61 Å². The first-order valence-electron chi connectivity index (χ1n) is 6.44. The summed E-state index contributed by atoms with van der Waals surface area (Å²) in [6.45, 7) is -0.786. The van der Waals surface area contributed by atoms with Gasteiger partial charge in [0.1, 0.15) is 12.4 Å². The first kappa shape index (κ1) is 13.5. The number of aryl methyl sites for hydroxylation is 1. The zero-order valence-corrected chi connectivity index (χ0v) is 11.3. The van der Waals surface area contributed by atoms with Crippen molar-refractivity contribution in [3.05, 3.63) is 54.2 Å². The summed E-state index contributed by atoms with van der Waals surface area (Å²) in [6.07, 6.45) is 2.57. The van der Waals surface area contributed by atoms with Gasteiger partial charge in [-0.2, -0.15) is 8.78 Å². The van der Waals surface area contributed by atoms with Crippen molar-refractivity contribution in [2.75, 3.05) is 0 Å². The number of aromatic nitrogens is 3. The molecule has 0 unspecified atom stereocenters. The standard InChI is InChI=1S/C15H13F2N3O/c1-10-8-13(11-4-2-3-5-12(11)19-10)21-9-14-18-6-7-20(14)15(16)17/h2-8,15H,9H2,1H3. The molecule has 0 aliphatic rings. The molecule has 0 amide bonds. The van der Waals surface area contributed by atoms with Gasteiger partial charge in [-0.05, 0) is 19.1 Å². The highest BCUT2D eigenvalue weighted by Crippen LogP contribution is 2.26. The number of halogens is 2. The van der Waals surface area contributed by atoms with Crippen LogP contribution in [0.4, 0.5) is 8.78 Å². The number of para-hydroxylation sites is 1. The SMILES string of the molecule is Cc1cc(OCc2nccn2C(F)F)c2ccccc2n1. The Morgan fingerprint density at radius 2 is 2.10 bits per heavy atom. The average Bonchev–Trinajstić information content (AvgIpc) is 2.93. The molecule has 0 spiro atoms. The molecule has 0 bridgehead atoms. The predicted molar refractivity (Wildman–Crippen MR) is 74.3 cm³/mol. The van der Waals surface area contributed by atoms with Crippen LogP contribution in [-0.4, -0.2) is 14.5 Å². The second kappa shape index (κ2) is 5.47. The van der Waals surface area contributed by atoms with Crippen LogP contribution in [0.2, 0.25) is 0 Å². The van der Waals surface area contributed by atoms with E-state index in [2.05, 4.69) is 9.97 Å². The number of fused-ring (bicyclic) bond motifs is 1. The number of hydrogen-bond acceptors (Lipinski definition) is 3. The molecular weight excluding hydrogens is 276 g/mol. The second-order valence-electron chi connectivity index (χ2n) is 4.60. The molecule has 21 heavy (non-hydrogen) atoms. The van der Waals surface area contributed by atoms with Gasteiger partial charge in [0.25, 0.3) is 0 Å². The lowest BCUT2D eigenvalue weighted by atomic mass is 10.2. The van der Waals surface area contributed by atoms with Crippen molar-refractivity contribution in [3.8, 4) is 5.75 Å². The second-order valence-corrected chi connectivity index (χ2v) is 4.60. The molecule has 1 aromatic carbocycles. The summed E-state index contributed by atoms with van der Waals surface area (Å²) < 4.78 is 32.0. The largest absolute Gasteiger partial charge is 0.485 e. The van der Waals surface area contributed by atoms with Crippen LogP contribution in [0.1, 0.15) is 18.1 Å². The first-order valence-corrected chi connectivity index (χ1v) is 6.44. The number of hydrogen-bond donors (Lipinski definition) is 0. The maximum atomic E-state index is 12.8. The Labute approximate surface area is 120 Å². The van der Waals surface area contributed by atoms with Crippen molar-refractivity contribution in [1.82, 2.24) is 14.5 Å². The van der Waals surface area contributed by atoms with E-state index in [1.165, 1.54) is 12.4 Å². The number of benzene rings is 1. The molecule has 3 rings (SSSR count). The highest BCUT2D eigenvalue weighted by molar-refractivity contribution is 5.85. The van der Waals surface area contributed by atoms with E-state index in [-0.39, 0.29) is 12.4 Å². The Balaban J connectivity index is 1.90. The Morgan fingerprint density at radius 3 is 2.90 bits per heavy atom. The molecule has 0 fully saturated rings. The van der Waals surface area contributed by atoms with Crippen LogP contribution in [0, 0.1) is 6.92 Å². The van der Waals surface area contributed by atoms with E-state index in [9.17, 15) is 8.78 Å². The van der Waals surface area contributed by atoms with Crippen molar-refractivity contribution in [2.45, 2.75) is 20.1 Å². The van der Waals surface area contributed by atoms with Crippen LogP contribution < -0.4 is 4.74 Å². The zero-order valence-electron chi connectivity index (χ0n) is 11.3. The molecule has 4 nitrogen and oxygen atoms in total. The van der Waals surface area contributed by atoms with Crippen molar-refractivity contribution in [1.29, 1.82) is 0 Å². The fraction of sp³-hybridized carbons (Fsp3) is 0.200. The van der Waals surface area contributed by atoms with Gasteiger partial charge in [-0.1, -0.05) is 12.1 Å². The van der Waals surface area contributed by atoms with Crippen molar-refractivity contribution in [3.63, 3.8) is 0 Å². The maximum absolute atomic E-state index is 12.8. The van der Waals surface area contributed by atoms with Gasteiger partial charge < -0.3 is 4.74 Å². The molecule has 0 aliphatic heterocycles. The van der Waals surface area contributed by atoms with Crippen LogP contribution in [0.15, 0.2) is 42.7 Å². The van der Waals surface area contributed by atoms with Crippen LogP contribution >= 0.6 is 0 Å². The van der Waals surface area contributed by atoms with Gasteiger partial charge in [-0.15, -0.1) is 0 Å². The van der Waals surface area contributed by atoms with E-state index in [0.29, 0.717) is 5.75 Å². The van der Waals surface area contributed by atoms with Gasteiger partial charge in [0, 0.05) is 29.5 Å². The van der Waals surface area contributed by atoms with E-state index >= 15 is 0 Å². The summed E-state index contributed by atoms with van der Waals surface area (Å²) in [5, 5.41) is 0.846.